The van der Waals surface area contributed by atoms with Gasteiger partial charge in [-0.25, -0.2) is 0 Å². The predicted molar refractivity (Wildman–Crippen MR) is 65.3 cm³/mol. The minimum Gasteiger partial charge on any atom is -0.377 e. The summed E-state index contributed by atoms with van der Waals surface area (Å²) in [6, 6.07) is 9.45. The van der Waals surface area contributed by atoms with E-state index in [0.717, 1.165) is 24.2 Å². The number of allylic oxidation sites excluding steroid dienone is 1. The summed E-state index contributed by atoms with van der Waals surface area (Å²) in [5, 5.41) is 0. The van der Waals surface area contributed by atoms with Gasteiger partial charge in [0.25, 0.3) is 0 Å². The van der Waals surface area contributed by atoms with Crippen molar-refractivity contribution >= 4 is 5.78 Å². The fourth-order valence-corrected chi connectivity index (χ4v) is 2.02. The lowest BCUT2D eigenvalue weighted by atomic mass is 10.1. The minimum atomic E-state index is 0.132. The average molecular weight is 215 g/mol. The standard InChI is InChI=1S/C14H17NO/c1-12(11-15-9-5-6-10-15)14(16)13-7-3-2-4-8-13/h2-4,7-8,11H,5-6,9-10H2,1H3. The van der Waals surface area contributed by atoms with Crippen molar-refractivity contribution in [3.8, 4) is 0 Å². The minimum absolute atomic E-state index is 0.132. The van der Waals surface area contributed by atoms with Crippen LogP contribution in [0.15, 0.2) is 42.1 Å². The molecule has 0 atom stereocenters. The second-order valence-electron chi connectivity index (χ2n) is 4.25. The quantitative estimate of drug-likeness (QED) is 0.571. The van der Waals surface area contributed by atoms with Gasteiger partial charge in [0, 0.05) is 30.4 Å². The van der Waals surface area contributed by atoms with Gasteiger partial charge < -0.3 is 4.90 Å². The first-order valence-electron chi connectivity index (χ1n) is 5.79. The van der Waals surface area contributed by atoms with Crippen LogP contribution in [0, 0.1) is 0 Å². The van der Waals surface area contributed by atoms with Crippen LogP contribution in [-0.2, 0) is 0 Å². The number of carbonyl (C=O) groups is 1. The van der Waals surface area contributed by atoms with E-state index >= 15 is 0 Å². The second kappa shape index (κ2) is 4.97. The van der Waals surface area contributed by atoms with Gasteiger partial charge in [0.1, 0.15) is 0 Å². The second-order valence-corrected chi connectivity index (χ2v) is 4.25. The maximum Gasteiger partial charge on any atom is 0.190 e. The van der Waals surface area contributed by atoms with Crippen molar-refractivity contribution in [1.82, 2.24) is 4.90 Å². The molecule has 1 aromatic rings. The molecule has 2 heteroatoms. The van der Waals surface area contributed by atoms with Crippen molar-refractivity contribution in [2.75, 3.05) is 13.1 Å². The summed E-state index contributed by atoms with van der Waals surface area (Å²) in [4.78, 5) is 14.3. The highest BCUT2D eigenvalue weighted by atomic mass is 16.1. The Hall–Kier alpha value is -1.57. The number of rotatable bonds is 3. The van der Waals surface area contributed by atoms with Gasteiger partial charge in [-0.05, 0) is 19.8 Å². The number of hydrogen-bond acceptors (Lipinski definition) is 2. The van der Waals surface area contributed by atoms with Crippen LogP contribution >= 0.6 is 0 Å². The normalized spacial score (nSPS) is 16.6. The molecule has 1 fully saturated rings. The Morgan fingerprint density at radius 3 is 2.44 bits per heavy atom. The Labute approximate surface area is 96.6 Å². The molecule has 16 heavy (non-hydrogen) atoms. The lowest BCUT2D eigenvalue weighted by Crippen LogP contribution is -2.13. The molecule has 0 spiro atoms. The van der Waals surface area contributed by atoms with Crippen LogP contribution in [-0.4, -0.2) is 23.8 Å². The van der Waals surface area contributed by atoms with E-state index in [4.69, 9.17) is 0 Å². The molecular formula is C14H17NO. The summed E-state index contributed by atoms with van der Waals surface area (Å²) < 4.78 is 0. The van der Waals surface area contributed by atoms with E-state index in [2.05, 4.69) is 4.90 Å². The van der Waals surface area contributed by atoms with Crippen LogP contribution in [0.25, 0.3) is 0 Å². The smallest absolute Gasteiger partial charge is 0.190 e. The van der Waals surface area contributed by atoms with Crippen molar-refractivity contribution < 1.29 is 4.79 Å². The molecule has 1 saturated heterocycles. The monoisotopic (exact) mass is 215 g/mol. The molecule has 0 saturated carbocycles. The SMILES string of the molecule is CC(=CN1CCCC1)C(=O)c1ccccc1. The largest absolute Gasteiger partial charge is 0.377 e. The van der Waals surface area contributed by atoms with Gasteiger partial charge in [0.05, 0.1) is 0 Å². The number of likely N-dealkylation sites (tertiary alicyclic amines) is 1. The molecule has 0 aromatic heterocycles. The molecule has 1 aliphatic rings. The Morgan fingerprint density at radius 2 is 1.81 bits per heavy atom. The Bertz CT molecular complexity index is 388. The summed E-state index contributed by atoms with van der Waals surface area (Å²) in [6.45, 7) is 4.06. The molecule has 2 nitrogen and oxygen atoms in total. The van der Waals surface area contributed by atoms with Gasteiger partial charge in [-0.1, -0.05) is 30.3 Å². The third kappa shape index (κ3) is 2.51. The lowest BCUT2D eigenvalue weighted by molar-refractivity contribution is 0.103. The van der Waals surface area contributed by atoms with E-state index in [9.17, 15) is 4.79 Å². The maximum absolute atomic E-state index is 12.0. The van der Waals surface area contributed by atoms with Crippen LogP contribution in [0.5, 0.6) is 0 Å². The van der Waals surface area contributed by atoms with Crippen LogP contribution in [0.1, 0.15) is 30.1 Å². The molecule has 1 aromatic carbocycles. The molecule has 0 unspecified atom stereocenters. The third-order valence-electron chi connectivity index (χ3n) is 2.91. The van der Waals surface area contributed by atoms with Gasteiger partial charge in [-0.15, -0.1) is 0 Å². The Morgan fingerprint density at radius 1 is 1.19 bits per heavy atom. The third-order valence-corrected chi connectivity index (χ3v) is 2.91. The molecule has 1 aliphatic heterocycles. The summed E-state index contributed by atoms with van der Waals surface area (Å²) >= 11 is 0. The van der Waals surface area contributed by atoms with E-state index < -0.39 is 0 Å². The maximum atomic E-state index is 12.0. The number of hydrogen-bond donors (Lipinski definition) is 0. The van der Waals surface area contributed by atoms with Gasteiger partial charge in [-0.3, -0.25) is 4.79 Å². The molecule has 2 rings (SSSR count). The number of Topliss-reactive ketones (excluding diaryl/α,β-unsaturated/α-hetero) is 1. The van der Waals surface area contributed by atoms with Crippen molar-refractivity contribution in [2.45, 2.75) is 19.8 Å². The van der Waals surface area contributed by atoms with Crippen molar-refractivity contribution in [3.05, 3.63) is 47.7 Å². The molecule has 0 radical (unpaired) electrons. The van der Waals surface area contributed by atoms with Gasteiger partial charge in [0.2, 0.25) is 0 Å². The van der Waals surface area contributed by atoms with Crippen LogP contribution in [0.2, 0.25) is 0 Å². The number of carbonyl (C=O) groups excluding carboxylic acids is 1. The van der Waals surface area contributed by atoms with E-state index in [1.54, 1.807) is 0 Å². The first-order valence-corrected chi connectivity index (χ1v) is 5.79. The zero-order valence-electron chi connectivity index (χ0n) is 9.65. The van der Waals surface area contributed by atoms with Gasteiger partial charge in [-0.2, -0.15) is 0 Å². The van der Waals surface area contributed by atoms with Crippen LogP contribution in [0.4, 0.5) is 0 Å². The molecule has 0 bridgehead atoms. The first kappa shape index (κ1) is 10.9. The topological polar surface area (TPSA) is 20.3 Å². The fraction of sp³-hybridized carbons (Fsp3) is 0.357. The predicted octanol–water partition coefficient (Wildman–Crippen LogP) is 2.87. The zero-order chi connectivity index (χ0) is 11.4. The zero-order valence-corrected chi connectivity index (χ0v) is 9.65. The average Bonchev–Trinajstić information content (AvgIpc) is 2.82. The van der Waals surface area contributed by atoms with Crippen molar-refractivity contribution in [2.24, 2.45) is 0 Å². The molecule has 0 amide bonds. The highest BCUT2D eigenvalue weighted by Gasteiger charge is 2.11. The van der Waals surface area contributed by atoms with Crippen LogP contribution < -0.4 is 0 Å². The number of benzene rings is 1. The van der Waals surface area contributed by atoms with E-state index in [0.29, 0.717) is 0 Å². The highest BCUT2D eigenvalue weighted by molar-refractivity contribution is 6.08. The van der Waals surface area contributed by atoms with Crippen molar-refractivity contribution in [1.29, 1.82) is 0 Å². The summed E-state index contributed by atoms with van der Waals surface area (Å²) in [5.41, 5.74) is 1.60. The van der Waals surface area contributed by atoms with Gasteiger partial charge in [0.15, 0.2) is 5.78 Å². The Balaban J connectivity index is 2.09. The fourth-order valence-electron chi connectivity index (χ4n) is 2.02. The van der Waals surface area contributed by atoms with Gasteiger partial charge >= 0.3 is 0 Å². The number of ketones is 1. The summed E-state index contributed by atoms with van der Waals surface area (Å²) in [5.74, 6) is 0.132. The Kier molecular flexibility index (Phi) is 3.40. The van der Waals surface area contributed by atoms with Crippen molar-refractivity contribution in [3.63, 3.8) is 0 Å². The summed E-state index contributed by atoms with van der Waals surface area (Å²) in [6.07, 6.45) is 4.48. The number of nitrogens with zero attached hydrogens (tertiary/aromatic N) is 1. The van der Waals surface area contributed by atoms with E-state index in [1.165, 1.54) is 12.8 Å². The molecule has 0 N–H and O–H groups in total. The molecule has 84 valence electrons. The summed E-state index contributed by atoms with van der Waals surface area (Å²) in [7, 11) is 0. The first-order chi connectivity index (χ1) is 7.77. The highest BCUT2D eigenvalue weighted by Crippen LogP contribution is 2.12. The van der Waals surface area contributed by atoms with E-state index in [-0.39, 0.29) is 5.78 Å². The van der Waals surface area contributed by atoms with E-state index in [1.807, 2.05) is 43.5 Å². The lowest BCUT2D eigenvalue weighted by Gasteiger charge is -2.12. The van der Waals surface area contributed by atoms with Crippen LogP contribution in [0.3, 0.4) is 0 Å². The molecular weight excluding hydrogens is 198 g/mol. The molecule has 0 aliphatic carbocycles. The molecule has 1 heterocycles.